The monoisotopic (exact) mass is 358 g/mol. The van der Waals surface area contributed by atoms with Crippen LogP contribution in [-0.2, 0) is 24.1 Å². The maximum absolute atomic E-state index is 13.0. The molecule has 4 rings (SSSR count). The minimum atomic E-state index is -0.443. The van der Waals surface area contributed by atoms with Crippen molar-refractivity contribution >= 4 is 27.5 Å². The normalized spacial score (nSPS) is 13.8. The number of aromatic nitrogens is 2. The van der Waals surface area contributed by atoms with E-state index in [2.05, 4.69) is 4.98 Å². The number of carbonyl (C=O) groups is 1. The highest BCUT2D eigenvalue weighted by Crippen LogP contribution is 2.33. The molecule has 0 N–H and O–H groups in total. The molecular formula is C18H18N2O4S. The Morgan fingerprint density at radius 3 is 3.08 bits per heavy atom. The van der Waals surface area contributed by atoms with Gasteiger partial charge in [-0.25, -0.2) is 9.78 Å². The summed E-state index contributed by atoms with van der Waals surface area (Å²) in [7, 11) is 0. The predicted octanol–water partition coefficient (Wildman–Crippen LogP) is 3.15. The van der Waals surface area contributed by atoms with Crippen LogP contribution < -0.4 is 5.56 Å². The summed E-state index contributed by atoms with van der Waals surface area (Å²) in [5.74, 6) is -0.0351. The Morgan fingerprint density at radius 2 is 2.24 bits per heavy atom. The van der Waals surface area contributed by atoms with Crippen molar-refractivity contribution in [3.63, 3.8) is 0 Å². The van der Waals surface area contributed by atoms with Crippen LogP contribution in [0.5, 0.6) is 0 Å². The van der Waals surface area contributed by atoms with Crippen molar-refractivity contribution < 1.29 is 13.9 Å². The maximum atomic E-state index is 13.0. The Kier molecular flexibility index (Phi) is 4.17. The summed E-state index contributed by atoms with van der Waals surface area (Å²) in [4.78, 5) is 31.5. The first-order valence-electron chi connectivity index (χ1n) is 8.42. The second-order valence-electron chi connectivity index (χ2n) is 6.05. The molecule has 0 unspecified atom stereocenters. The van der Waals surface area contributed by atoms with E-state index in [4.69, 9.17) is 9.15 Å². The fraction of sp³-hybridized carbons (Fsp3) is 0.389. The minimum absolute atomic E-state index is 0.0735. The first-order valence-corrected chi connectivity index (χ1v) is 9.24. The number of fused-ring (bicyclic) bond motifs is 3. The van der Waals surface area contributed by atoms with Crippen molar-refractivity contribution in [2.75, 3.05) is 6.61 Å². The van der Waals surface area contributed by atoms with Gasteiger partial charge in [0.05, 0.1) is 31.1 Å². The van der Waals surface area contributed by atoms with Crippen LogP contribution in [0.4, 0.5) is 0 Å². The smallest absolute Gasteiger partial charge is 0.341 e. The molecular weight excluding hydrogens is 340 g/mol. The van der Waals surface area contributed by atoms with Gasteiger partial charge in [-0.15, -0.1) is 11.3 Å². The third-order valence-corrected chi connectivity index (χ3v) is 5.70. The first kappa shape index (κ1) is 16.1. The molecule has 0 fully saturated rings. The maximum Gasteiger partial charge on any atom is 0.341 e. The zero-order valence-electron chi connectivity index (χ0n) is 13.9. The molecule has 25 heavy (non-hydrogen) atoms. The van der Waals surface area contributed by atoms with Gasteiger partial charge in [-0.05, 0) is 44.2 Å². The van der Waals surface area contributed by atoms with Gasteiger partial charge in [0.1, 0.15) is 16.2 Å². The van der Waals surface area contributed by atoms with E-state index in [0.717, 1.165) is 35.0 Å². The summed E-state index contributed by atoms with van der Waals surface area (Å²) in [6, 6.07) is 1.57. The Labute approximate surface area is 148 Å². The summed E-state index contributed by atoms with van der Waals surface area (Å²) in [5.41, 5.74) is 1.43. The summed E-state index contributed by atoms with van der Waals surface area (Å²) < 4.78 is 11.9. The number of thiophene rings is 1. The molecule has 0 saturated heterocycles. The van der Waals surface area contributed by atoms with Crippen molar-refractivity contribution in [2.24, 2.45) is 0 Å². The number of nitrogens with zero attached hydrogens (tertiary/aromatic N) is 2. The van der Waals surface area contributed by atoms with Gasteiger partial charge in [-0.1, -0.05) is 0 Å². The highest BCUT2D eigenvalue weighted by Gasteiger charge is 2.21. The second kappa shape index (κ2) is 6.48. The van der Waals surface area contributed by atoms with Crippen LogP contribution in [0.2, 0.25) is 0 Å². The molecule has 3 aromatic heterocycles. The number of esters is 1. The fourth-order valence-corrected chi connectivity index (χ4v) is 4.52. The van der Waals surface area contributed by atoms with Crippen LogP contribution in [0.3, 0.4) is 0 Å². The quantitative estimate of drug-likeness (QED) is 0.670. The van der Waals surface area contributed by atoms with Crippen LogP contribution in [0, 0.1) is 0 Å². The van der Waals surface area contributed by atoms with Crippen LogP contribution >= 0.6 is 11.3 Å². The van der Waals surface area contributed by atoms with Gasteiger partial charge in [0, 0.05) is 4.88 Å². The number of hydrogen-bond donors (Lipinski definition) is 0. The van der Waals surface area contributed by atoms with Gasteiger partial charge in [0.15, 0.2) is 0 Å². The van der Waals surface area contributed by atoms with Gasteiger partial charge in [-0.2, -0.15) is 0 Å². The number of carbonyl (C=O) groups excluding carboxylic acids is 1. The Balaban J connectivity index is 1.74. The topological polar surface area (TPSA) is 74.3 Å². The molecule has 0 spiro atoms. The van der Waals surface area contributed by atoms with Crippen molar-refractivity contribution in [2.45, 2.75) is 39.2 Å². The van der Waals surface area contributed by atoms with E-state index in [0.29, 0.717) is 11.3 Å². The number of ether oxygens (including phenoxy) is 1. The van der Waals surface area contributed by atoms with Crippen molar-refractivity contribution in [1.82, 2.24) is 9.55 Å². The number of aryl methyl sites for hydroxylation is 2. The molecule has 0 bridgehead atoms. The van der Waals surface area contributed by atoms with Gasteiger partial charge < -0.3 is 9.15 Å². The SMILES string of the molecule is CCOC(=O)c1ccoc1Cn1cnc2sc3c(c2c1=O)CCCC3. The minimum Gasteiger partial charge on any atom is -0.467 e. The van der Waals surface area contributed by atoms with E-state index in [1.165, 1.54) is 28.5 Å². The van der Waals surface area contributed by atoms with Crippen molar-refractivity contribution in [3.8, 4) is 0 Å². The summed E-state index contributed by atoms with van der Waals surface area (Å²) in [6.45, 7) is 2.20. The molecule has 130 valence electrons. The number of furan rings is 1. The van der Waals surface area contributed by atoms with Crippen LogP contribution in [0.15, 0.2) is 27.9 Å². The number of hydrogen-bond acceptors (Lipinski definition) is 6. The molecule has 0 amide bonds. The predicted molar refractivity (Wildman–Crippen MR) is 94.3 cm³/mol. The van der Waals surface area contributed by atoms with Gasteiger partial charge in [0.25, 0.3) is 5.56 Å². The zero-order chi connectivity index (χ0) is 17.4. The van der Waals surface area contributed by atoms with E-state index in [1.54, 1.807) is 24.3 Å². The van der Waals surface area contributed by atoms with Crippen LogP contribution in [0.1, 0.15) is 46.3 Å². The van der Waals surface area contributed by atoms with Crippen molar-refractivity contribution in [1.29, 1.82) is 0 Å². The lowest BCUT2D eigenvalue weighted by Gasteiger charge is -2.10. The lowest BCUT2D eigenvalue weighted by Crippen LogP contribution is -2.22. The molecule has 3 heterocycles. The highest BCUT2D eigenvalue weighted by atomic mass is 32.1. The molecule has 0 aromatic carbocycles. The highest BCUT2D eigenvalue weighted by molar-refractivity contribution is 7.18. The molecule has 6 nitrogen and oxygen atoms in total. The van der Waals surface area contributed by atoms with Gasteiger partial charge in [-0.3, -0.25) is 9.36 Å². The Hall–Kier alpha value is -2.41. The molecule has 7 heteroatoms. The van der Waals surface area contributed by atoms with E-state index in [1.807, 2.05) is 0 Å². The average molecular weight is 358 g/mol. The molecule has 1 aliphatic rings. The third kappa shape index (κ3) is 2.78. The zero-order valence-corrected chi connectivity index (χ0v) is 14.7. The number of rotatable bonds is 4. The Bertz CT molecular complexity index is 998. The van der Waals surface area contributed by atoms with E-state index >= 15 is 0 Å². The molecule has 1 aliphatic carbocycles. The lowest BCUT2D eigenvalue weighted by molar-refractivity contribution is 0.0523. The summed E-state index contributed by atoms with van der Waals surface area (Å²) in [6.07, 6.45) is 7.21. The summed E-state index contributed by atoms with van der Waals surface area (Å²) in [5, 5.41) is 0.728. The fourth-order valence-electron chi connectivity index (χ4n) is 3.30. The van der Waals surface area contributed by atoms with Crippen LogP contribution in [-0.4, -0.2) is 22.1 Å². The van der Waals surface area contributed by atoms with E-state index in [-0.39, 0.29) is 18.7 Å². The van der Waals surface area contributed by atoms with Crippen LogP contribution in [0.25, 0.3) is 10.2 Å². The molecule has 3 aromatic rings. The average Bonchev–Trinajstić information content (AvgIpc) is 3.22. The van der Waals surface area contributed by atoms with E-state index in [9.17, 15) is 9.59 Å². The van der Waals surface area contributed by atoms with Gasteiger partial charge >= 0.3 is 5.97 Å². The molecule has 0 aliphatic heterocycles. The largest absolute Gasteiger partial charge is 0.467 e. The van der Waals surface area contributed by atoms with E-state index < -0.39 is 5.97 Å². The standard InChI is InChI=1S/C18H18N2O4S/c1-2-23-18(22)11-7-8-24-13(11)9-20-10-19-16-15(17(20)21)12-5-3-4-6-14(12)25-16/h7-8,10H,2-6,9H2,1H3. The second-order valence-corrected chi connectivity index (χ2v) is 7.13. The lowest BCUT2D eigenvalue weighted by atomic mass is 9.97. The van der Waals surface area contributed by atoms with Crippen molar-refractivity contribution in [3.05, 3.63) is 50.8 Å². The molecule has 0 radical (unpaired) electrons. The van der Waals surface area contributed by atoms with Gasteiger partial charge in [0.2, 0.25) is 0 Å². The first-order chi connectivity index (χ1) is 12.2. The third-order valence-electron chi connectivity index (χ3n) is 4.50. The summed E-state index contributed by atoms with van der Waals surface area (Å²) >= 11 is 1.62. The molecule has 0 atom stereocenters. The molecule has 0 saturated carbocycles. The Morgan fingerprint density at radius 1 is 1.40 bits per heavy atom.